The molecule has 5 aliphatic rings. The molecular weight excluding hydrogens is 640 g/mol. The molecule has 2 aromatic rings. The van der Waals surface area contributed by atoms with Crippen LogP contribution in [0.25, 0.3) is 0 Å². The van der Waals surface area contributed by atoms with E-state index in [9.17, 15) is 19.5 Å². The lowest BCUT2D eigenvalue weighted by atomic mass is 9.74. The van der Waals surface area contributed by atoms with Gasteiger partial charge in [0.2, 0.25) is 17.7 Å². The van der Waals surface area contributed by atoms with Gasteiger partial charge in [0.05, 0.1) is 44.4 Å². The predicted molar refractivity (Wildman–Crippen MR) is 181 cm³/mol. The maximum Gasteiger partial charge on any atom is 0.313 e. The van der Waals surface area contributed by atoms with Crippen molar-refractivity contribution in [2.24, 2.45) is 11.8 Å². The minimum atomic E-state index is -1.45. The van der Waals surface area contributed by atoms with Crippen LogP contribution in [0.4, 0.5) is 0 Å². The van der Waals surface area contributed by atoms with Crippen molar-refractivity contribution in [3.63, 3.8) is 0 Å². The Morgan fingerprint density at radius 1 is 0.920 bits per heavy atom. The maximum atomic E-state index is 15.1. The minimum Gasteiger partial charge on any atom is -0.455 e. The van der Waals surface area contributed by atoms with Crippen LogP contribution < -0.4 is 5.32 Å². The third kappa shape index (κ3) is 6.48. The van der Waals surface area contributed by atoms with E-state index in [1.165, 1.54) is 4.90 Å². The highest BCUT2D eigenvalue weighted by atomic mass is 16.6. The lowest BCUT2D eigenvalue weighted by Gasteiger charge is -2.39. The average molecular weight is 685 g/mol. The maximum absolute atomic E-state index is 15.1. The van der Waals surface area contributed by atoms with Crippen LogP contribution in [0.15, 0.2) is 85.0 Å². The van der Waals surface area contributed by atoms with Gasteiger partial charge in [0, 0.05) is 39.1 Å². The van der Waals surface area contributed by atoms with Gasteiger partial charge >= 0.3 is 5.97 Å². The Labute approximate surface area is 291 Å². The molecule has 0 aliphatic carbocycles. The number of carbonyl (C=O) groups is 4. The van der Waals surface area contributed by atoms with Crippen molar-refractivity contribution in [1.29, 1.82) is 0 Å². The lowest BCUT2D eigenvalue weighted by molar-refractivity contribution is -0.160. The molecule has 2 aromatic carbocycles. The van der Waals surface area contributed by atoms with Crippen molar-refractivity contribution in [2.45, 2.75) is 42.7 Å². The fourth-order valence-electron chi connectivity index (χ4n) is 8.02. The van der Waals surface area contributed by atoms with Gasteiger partial charge in [0.1, 0.15) is 23.7 Å². The van der Waals surface area contributed by atoms with E-state index < -0.39 is 60.2 Å². The molecule has 12 heteroatoms. The zero-order chi connectivity index (χ0) is 34.7. The second-order valence-electron chi connectivity index (χ2n) is 13.4. The molecule has 3 saturated heterocycles. The molecule has 5 heterocycles. The molecule has 50 heavy (non-hydrogen) atoms. The number of carbonyl (C=O) groups excluding carboxylic acids is 4. The molecule has 0 unspecified atom stereocenters. The Hall–Kier alpha value is -4.36. The first-order valence-electron chi connectivity index (χ1n) is 17.5. The number of ether oxygens (including phenoxy) is 3. The summed E-state index contributed by atoms with van der Waals surface area (Å²) in [4.78, 5) is 62.4. The fraction of sp³-hybridized carbons (Fsp3) is 0.474. The number of aliphatic hydroxyl groups excluding tert-OH is 1. The molecule has 7 atom stereocenters. The number of benzene rings is 2. The van der Waals surface area contributed by atoms with E-state index in [1.807, 2.05) is 72.8 Å². The SMILES string of the molecule is O=C1CC/C=C\CN(CCN2CCOCC2)C(=O)[C@H]2N([C@H](CO)c3ccccc3)C(=O)[C@@H]3[C@@H](C(=O)O[C@@H](c4ccccc4)CN1)[C@H]1C=C[C@]32O1. The van der Waals surface area contributed by atoms with Gasteiger partial charge in [-0.05, 0) is 17.5 Å². The molecule has 5 aliphatic heterocycles. The number of fused-ring (bicyclic) bond motifs is 2. The van der Waals surface area contributed by atoms with Crippen LogP contribution in [0.3, 0.4) is 0 Å². The van der Waals surface area contributed by atoms with Crippen molar-refractivity contribution in [2.75, 3.05) is 59.1 Å². The quantitative estimate of drug-likeness (QED) is 0.330. The number of nitrogens with zero attached hydrogens (tertiary/aromatic N) is 3. The van der Waals surface area contributed by atoms with Crippen LogP contribution in [-0.4, -0.2) is 120 Å². The van der Waals surface area contributed by atoms with Gasteiger partial charge in [-0.2, -0.15) is 0 Å². The zero-order valence-electron chi connectivity index (χ0n) is 28.0. The molecule has 3 fully saturated rings. The Kier molecular flexibility index (Phi) is 10.1. The van der Waals surface area contributed by atoms with E-state index in [0.717, 1.165) is 13.1 Å². The monoisotopic (exact) mass is 684 g/mol. The topological polar surface area (TPSA) is 138 Å². The lowest BCUT2D eigenvalue weighted by Crippen LogP contribution is -2.57. The molecule has 1 spiro atoms. The van der Waals surface area contributed by atoms with Crippen LogP contribution in [0.5, 0.6) is 0 Å². The standard InChI is InChI=1S/C38H44N4O8/c43-25-28(26-10-4-1-5-11-26)42-34-36(46)41(19-18-40-20-22-48-23-21-40)17-9-3-8-14-31(44)39-24-30(27-12-6-2-7-13-27)49-37(47)32-29-15-16-38(34,50-29)33(32)35(42)45/h1-7,9-13,15-16,28-30,32-34,43H,8,14,17-25H2,(H,39,44)/b9-3-/t28-,29-,30-,32+,33+,34-,38+/m1/s1. The van der Waals surface area contributed by atoms with Gasteiger partial charge in [-0.1, -0.05) is 85.0 Å². The number of cyclic esters (lactones) is 1. The van der Waals surface area contributed by atoms with E-state index in [4.69, 9.17) is 14.2 Å². The number of rotatable bonds is 7. The fourth-order valence-corrected chi connectivity index (χ4v) is 8.02. The summed E-state index contributed by atoms with van der Waals surface area (Å²) in [7, 11) is 0. The Bertz CT molecular complexity index is 1610. The number of esters is 1. The molecule has 5 bridgehead atoms. The second-order valence-corrected chi connectivity index (χ2v) is 13.4. The number of allylic oxidation sites excluding steroid dienone is 1. The van der Waals surface area contributed by atoms with Crippen molar-refractivity contribution < 1.29 is 38.5 Å². The van der Waals surface area contributed by atoms with Gasteiger partial charge < -0.3 is 34.4 Å². The van der Waals surface area contributed by atoms with Gasteiger partial charge in [-0.15, -0.1) is 0 Å². The number of morpholine rings is 1. The summed E-state index contributed by atoms with van der Waals surface area (Å²) in [5.41, 5.74) is -0.0891. The van der Waals surface area contributed by atoms with Crippen molar-refractivity contribution in [1.82, 2.24) is 20.0 Å². The van der Waals surface area contributed by atoms with Crippen molar-refractivity contribution in [3.05, 3.63) is 96.1 Å². The first-order valence-corrected chi connectivity index (χ1v) is 17.5. The normalized spacial score (nSPS) is 31.7. The highest BCUT2D eigenvalue weighted by Crippen LogP contribution is 2.57. The molecule has 2 N–H and O–H groups in total. The number of nitrogens with one attached hydrogen (secondary N) is 1. The summed E-state index contributed by atoms with van der Waals surface area (Å²) < 4.78 is 18.3. The molecule has 0 saturated carbocycles. The molecule has 264 valence electrons. The molecule has 3 amide bonds. The third-order valence-electron chi connectivity index (χ3n) is 10.6. The Balaban J connectivity index is 1.29. The van der Waals surface area contributed by atoms with E-state index in [2.05, 4.69) is 10.2 Å². The van der Waals surface area contributed by atoms with Crippen molar-refractivity contribution >= 4 is 23.7 Å². The summed E-state index contributed by atoms with van der Waals surface area (Å²) in [5.74, 6) is -3.73. The number of likely N-dealkylation sites (tertiary alicyclic amines) is 1. The van der Waals surface area contributed by atoms with Crippen LogP contribution in [-0.2, 0) is 33.4 Å². The van der Waals surface area contributed by atoms with E-state index >= 15 is 4.79 Å². The third-order valence-corrected chi connectivity index (χ3v) is 10.6. The summed E-state index contributed by atoms with van der Waals surface area (Å²) >= 11 is 0. The Morgan fingerprint density at radius 3 is 2.40 bits per heavy atom. The zero-order valence-corrected chi connectivity index (χ0v) is 28.0. The van der Waals surface area contributed by atoms with E-state index in [-0.39, 0.29) is 31.3 Å². The first-order chi connectivity index (χ1) is 24.4. The molecule has 0 aromatic heterocycles. The van der Waals surface area contributed by atoms with Crippen LogP contribution in [0.2, 0.25) is 0 Å². The van der Waals surface area contributed by atoms with Gasteiger partial charge in [-0.25, -0.2) is 0 Å². The van der Waals surface area contributed by atoms with Crippen LogP contribution in [0.1, 0.15) is 36.1 Å². The van der Waals surface area contributed by atoms with E-state index in [0.29, 0.717) is 43.9 Å². The molecule has 7 rings (SSSR count). The summed E-state index contributed by atoms with van der Waals surface area (Å²) in [5, 5.41) is 13.8. The average Bonchev–Trinajstić information content (AvgIpc) is 3.79. The van der Waals surface area contributed by atoms with Crippen LogP contribution >= 0.6 is 0 Å². The highest BCUT2D eigenvalue weighted by molar-refractivity contribution is 5.99. The van der Waals surface area contributed by atoms with Gasteiger partial charge in [0.25, 0.3) is 0 Å². The van der Waals surface area contributed by atoms with Crippen molar-refractivity contribution in [3.8, 4) is 0 Å². The largest absolute Gasteiger partial charge is 0.455 e. The number of amides is 3. The van der Waals surface area contributed by atoms with Crippen LogP contribution in [0, 0.1) is 11.8 Å². The summed E-state index contributed by atoms with van der Waals surface area (Å²) in [6.07, 6.45) is 6.36. The first kappa shape index (κ1) is 34.1. The van der Waals surface area contributed by atoms with Gasteiger partial charge in [0.15, 0.2) is 0 Å². The second kappa shape index (κ2) is 14.9. The highest BCUT2D eigenvalue weighted by Gasteiger charge is 2.74. The van der Waals surface area contributed by atoms with Gasteiger partial charge in [-0.3, -0.25) is 24.1 Å². The smallest absolute Gasteiger partial charge is 0.313 e. The predicted octanol–water partition coefficient (Wildman–Crippen LogP) is 1.78. The number of hydrogen-bond donors (Lipinski definition) is 2. The molecule has 0 radical (unpaired) electrons. The molecule has 12 nitrogen and oxygen atoms in total. The Morgan fingerprint density at radius 2 is 1.66 bits per heavy atom. The minimum absolute atomic E-state index is 0.0548. The number of hydrogen-bond acceptors (Lipinski definition) is 9. The number of aliphatic hydroxyl groups is 1. The van der Waals surface area contributed by atoms with E-state index in [1.54, 1.807) is 17.1 Å². The summed E-state index contributed by atoms with van der Waals surface area (Å²) in [6.45, 7) is 3.55. The summed E-state index contributed by atoms with van der Waals surface area (Å²) in [6, 6.07) is 16.3. The molecular formula is C38H44N4O8.